The van der Waals surface area contributed by atoms with Crippen LogP contribution in [0.1, 0.15) is 42.9 Å². The van der Waals surface area contributed by atoms with Crippen LogP contribution >= 0.6 is 0 Å². The molecule has 1 aliphatic heterocycles. The summed E-state index contributed by atoms with van der Waals surface area (Å²) in [6.45, 7) is 3.39. The number of carbonyl (C=O) groups is 2. The van der Waals surface area contributed by atoms with Gasteiger partial charge in [0, 0.05) is 32.6 Å². The molecular formula is C31H36FN3O4S. The van der Waals surface area contributed by atoms with E-state index in [1.54, 1.807) is 43.3 Å². The molecule has 1 fully saturated rings. The van der Waals surface area contributed by atoms with E-state index in [-0.39, 0.29) is 35.5 Å². The molecule has 2 amide bonds. The maximum Gasteiger partial charge on any atom is 0.243 e. The van der Waals surface area contributed by atoms with Gasteiger partial charge in [0.05, 0.1) is 4.90 Å². The van der Waals surface area contributed by atoms with E-state index in [0.29, 0.717) is 32.5 Å². The van der Waals surface area contributed by atoms with Crippen molar-refractivity contribution in [1.82, 2.24) is 14.5 Å². The number of hydrogen-bond donors (Lipinski definition) is 1. The van der Waals surface area contributed by atoms with E-state index < -0.39 is 16.1 Å². The third-order valence-electron chi connectivity index (χ3n) is 7.24. The molecule has 3 aromatic carbocycles. The van der Waals surface area contributed by atoms with Gasteiger partial charge in [-0.25, -0.2) is 12.8 Å². The number of halogens is 1. The van der Waals surface area contributed by atoms with Gasteiger partial charge in [0.2, 0.25) is 21.8 Å². The molecule has 0 spiro atoms. The van der Waals surface area contributed by atoms with Crippen LogP contribution in [-0.2, 0) is 39.0 Å². The fourth-order valence-electron chi connectivity index (χ4n) is 4.79. The maximum absolute atomic E-state index is 13.5. The summed E-state index contributed by atoms with van der Waals surface area (Å²) < 4.78 is 40.6. The molecule has 0 aliphatic carbocycles. The molecule has 40 heavy (non-hydrogen) atoms. The maximum atomic E-state index is 13.5. The summed E-state index contributed by atoms with van der Waals surface area (Å²) in [5.74, 6) is -0.852. The van der Waals surface area contributed by atoms with Gasteiger partial charge in [-0.1, -0.05) is 54.6 Å². The minimum atomic E-state index is -3.50. The molecule has 0 radical (unpaired) electrons. The second-order valence-electron chi connectivity index (χ2n) is 10.1. The van der Waals surface area contributed by atoms with Gasteiger partial charge < -0.3 is 10.2 Å². The van der Waals surface area contributed by atoms with Crippen LogP contribution in [0.5, 0.6) is 0 Å². The van der Waals surface area contributed by atoms with Crippen molar-refractivity contribution in [1.29, 1.82) is 0 Å². The normalized spacial score (nSPS) is 14.6. The van der Waals surface area contributed by atoms with E-state index >= 15 is 0 Å². The Balaban J connectivity index is 1.39. The minimum absolute atomic E-state index is 0.140. The predicted molar refractivity (Wildman–Crippen MR) is 152 cm³/mol. The highest BCUT2D eigenvalue weighted by Crippen LogP contribution is 2.22. The molecule has 7 nitrogen and oxygen atoms in total. The van der Waals surface area contributed by atoms with E-state index in [0.717, 1.165) is 29.5 Å². The first-order chi connectivity index (χ1) is 19.2. The molecule has 4 rings (SSSR count). The van der Waals surface area contributed by atoms with Crippen LogP contribution in [0, 0.1) is 5.82 Å². The van der Waals surface area contributed by atoms with E-state index in [1.165, 1.54) is 21.3 Å². The highest BCUT2D eigenvalue weighted by Gasteiger charge is 2.28. The molecule has 0 bridgehead atoms. The van der Waals surface area contributed by atoms with Crippen molar-refractivity contribution in [2.45, 2.75) is 56.5 Å². The summed E-state index contributed by atoms with van der Waals surface area (Å²) in [5, 5.41) is 2.92. The Kier molecular flexibility index (Phi) is 10.1. The third kappa shape index (κ3) is 7.76. The van der Waals surface area contributed by atoms with Crippen molar-refractivity contribution < 1.29 is 22.4 Å². The zero-order valence-electron chi connectivity index (χ0n) is 22.8. The largest absolute Gasteiger partial charge is 0.354 e. The zero-order chi connectivity index (χ0) is 28.5. The van der Waals surface area contributed by atoms with Gasteiger partial charge in [0.15, 0.2) is 0 Å². The van der Waals surface area contributed by atoms with Gasteiger partial charge in [-0.2, -0.15) is 4.31 Å². The lowest BCUT2D eigenvalue weighted by Gasteiger charge is -2.29. The Morgan fingerprint density at radius 2 is 1.48 bits per heavy atom. The highest BCUT2D eigenvalue weighted by molar-refractivity contribution is 7.89. The number of aryl methyl sites for hydroxylation is 1. The first kappa shape index (κ1) is 29.4. The molecule has 1 N–H and O–H groups in total. The number of benzene rings is 3. The van der Waals surface area contributed by atoms with E-state index in [1.807, 2.05) is 30.3 Å². The van der Waals surface area contributed by atoms with Gasteiger partial charge in [-0.15, -0.1) is 0 Å². The van der Waals surface area contributed by atoms with E-state index in [9.17, 15) is 22.4 Å². The summed E-state index contributed by atoms with van der Waals surface area (Å²) in [4.78, 5) is 28.2. The first-order valence-electron chi connectivity index (χ1n) is 13.7. The fourth-order valence-corrected chi connectivity index (χ4v) is 6.31. The van der Waals surface area contributed by atoms with Crippen LogP contribution in [0.2, 0.25) is 0 Å². The molecule has 0 aromatic heterocycles. The van der Waals surface area contributed by atoms with Crippen LogP contribution in [0.25, 0.3) is 0 Å². The molecule has 1 aliphatic rings. The van der Waals surface area contributed by atoms with Crippen molar-refractivity contribution in [3.63, 3.8) is 0 Å². The lowest BCUT2D eigenvalue weighted by atomic mass is 10.1. The standard InChI is InChI=1S/C31H36FN3O4S/c1-24(31(37)33-20-19-25-7-3-2-4-8-25)35(23-27-9-14-28(32)15-10-27)30(36)18-13-26-11-16-29(17-12-26)40(38,39)34-21-5-6-22-34/h2-4,7-12,14-17,24H,5-6,13,18-23H2,1H3,(H,33,37)/t24-/m1/s1. The van der Waals surface area contributed by atoms with Gasteiger partial charge in [-0.3, -0.25) is 9.59 Å². The minimum Gasteiger partial charge on any atom is -0.354 e. The SMILES string of the molecule is C[C@H](C(=O)NCCc1ccccc1)N(Cc1ccc(F)cc1)C(=O)CCc1ccc(S(=O)(=O)N2CCCC2)cc1. The number of amides is 2. The second kappa shape index (κ2) is 13.7. The Morgan fingerprint density at radius 3 is 2.12 bits per heavy atom. The molecule has 0 unspecified atom stereocenters. The fraction of sp³-hybridized carbons (Fsp3) is 0.355. The van der Waals surface area contributed by atoms with Gasteiger partial charge in [0.25, 0.3) is 0 Å². The highest BCUT2D eigenvalue weighted by atomic mass is 32.2. The van der Waals surface area contributed by atoms with Crippen molar-refractivity contribution >= 4 is 21.8 Å². The Hall–Kier alpha value is -3.56. The van der Waals surface area contributed by atoms with Crippen molar-refractivity contribution in [3.8, 4) is 0 Å². The smallest absolute Gasteiger partial charge is 0.243 e. The molecule has 1 atom stereocenters. The molecule has 3 aromatic rings. The monoisotopic (exact) mass is 565 g/mol. The number of rotatable bonds is 12. The van der Waals surface area contributed by atoms with Gasteiger partial charge >= 0.3 is 0 Å². The number of nitrogens with one attached hydrogen (secondary N) is 1. The summed E-state index contributed by atoms with van der Waals surface area (Å²) in [6, 6.07) is 21.6. The molecule has 212 valence electrons. The van der Waals surface area contributed by atoms with Crippen LogP contribution in [0.4, 0.5) is 4.39 Å². The average Bonchev–Trinajstić information content (AvgIpc) is 3.52. The lowest BCUT2D eigenvalue weighted by molar-refractivity contribution is -0.140. The number of nitrogens with zero attached hydrogens (tertiary/aromatic N) is 2. The average molecular weight is 566 g/mol. The van der Waals surface area contributed by atoms with Crippen molar-refractivity contribution in [2.24, 2.45) is 0 Å². The molecule has 9 heteroatoms. The predicted octanol–water partition coefficient (Wildman–Crippen LogP) is 4.32. The first-order valence-corrected chi connectivity index (χ1v) is 15.1. The third-order valence-corrected chi connectivity index (χ3v) is 9.16. The van der Waals surface area contributed by atoms with Gasteiger partial charge in [0.1, 0.15) is 11.9 Å². The van der Waals surface area contributed by atoms with E-state index in [2.05, 4.69) is 5.32 Å². The Morgan fingerprint density at radius 1 is 0.875 bits per heavy atom. The molecule has 1 saturated heterocycles. The quantitative estimate of drug-likeness (QED) is 0.355. The molecule has 0 saturated carbocycles. The summed E-state index contributed by atoms with van der Waals surface area (Å²) >= 11 is 0. The lowest BCUT2D eigenvalue weighted by Crippen LogP contribution is -2.48. The summed E-state index contributed by atoms with van der Waals surface area (Å²) in [5.41, 5.74) is 2.65. The topological polar surface area (TPSA) is 86.8 Å². The van der Waals surface area contributed by atoms with Crippen molar-refractivity contribution in [2.75, 3.05) is 19.6 Å². The van der Waals surface area contributed by atoms with Crippen molar-refractivity contribution in [3.05, 3.63) is 101 Å². The number of hydrogen-bond acceptors (Lipinski definition) is 4. The molecular weight excluding hydrogens is 529 g/mol. The van der Waals surface area contributed by atoms with E-state index in [4.69, 9.17) is 0 Å². The second-order valence-corrected chi connectivity index (χ2v) is 12.0. The zero-order valence-corrected chi connectivity index (χ0v) is 23.6. The number of sulfonamides is 1. The van der Waals surface area contributed by atoms with Crippen LogP contribution < -0.4 is 5.32 Å². The molecule has 1 heterocycles. The Bertz CT molecular complexity index is 1370. The van der Waals surface area contributed by atoms with Crippen LogP contribution in [0.15, 0.2) is 83.8 Å². The summed E-state index contributed by atoms with van der Waals surface area (Å²) in [7, 11) is -3.50. The number of carbonyl (C=O) groups excluding carboxylic acids is 2. The van der Waals surface area contributed by atoms with Crippen LogP contribution in [0.3, 0.4) is 0 Å². The van der Waals surface area contributed by atoms with Crippen LogP contribution in [-0.4, -0.2) is 55.1 Å². The summed E-state index contributed by atoms with van der Waals surface area (Å²) in [6.07, 6.45) is 2.95. The Labute approximate surface area is 236 Å². The van der Waals surface area contributed by atoms with Gasteiger partial charge in [-0.05, 0) is 73.6 Å².